The minimum absolute atomic E-state index is 0.194. The summed E-state index contributed by atoms with van der Waals surface area (Å²) in [5.74, 6) is 0. The molecule has 0 saturated heterocycles. The third-order valence-electron chi connectivity index (χ3n) is 3.59. The summed E-state index contributed by atoms with van der Waals surface area (Å²) in [6.45, 7) is 8.00. The first-order valence-electron chi connectivity index (χ1n) is 9.33. The van der Waals surface area contributed by atoms with Crippen LogP contribution in [0.1, 0.15) is 51.7 Å². The van der Waals surface area contributed by atoms with Gasteiger partial charge >= 0.3 is 0 Å². The Bertz CT molecular complexity index is 434. The van der Waals surface area contributed by atoms with E-state index in [4.69, 9.17) is 11.5 Å². The highest BCUT2D eigenvalue weighted by Gasteiger charge is 2.08. The van der Waals surface area contributed by atoms with Crippen molar-refractivity contribution < 1.29 is 0 Å². The summed E-state index contributed by atoms with van der Waals surface area (Å²) in [6.07, 6.45) is 3.81. The van der Waals surface area contributed by atoms with E-state index in [1.165, 1.54) is 11.1 Å². The fourth-order valence-corrected chi connectivity index (χ4v) is 2.47. The molecule has 24 heavy (non-hydrogen) atoms. The van der Waals surface area contributed by atoms with Gasteiger partial charge in [0.1, 0.15) is 0 Å². The number of hydrogen-bond donors (Lipinski definition) is 2. The molecule has 2 aromatic carbocycles. The van der Waals surface area contributed by atoms with Crippen LogP contribution in [0.3, 0.4) is 0 Å². The molecule has 0 bridgehead atoms. The van der Waals surface area contributed by atoms with Gasteiger partial charge in [0, 0.05) is 12.1 Å². The molecule has 0 saturated carbocycles. The smallest absolute Gasteiger partial charge is 0.00799 e. The monoisotopic (exact) mass is 328 g/mol. The zero-order valence-corrected chi connectivity index (χ0v) is 15.9. The van der Waals surface area contributed by atoms with E-state index in [1.54, 1.807) is 0 Å². The molecular weight excluding hydrogens is 292 g/mol. The van der Waals surface area contributed by atoms with Crippen molar-refractivity contribution >= 4 is 0 Å². The Kier molecular flexibility index (Phi) is 13.9. The maximum absolute atomic E-state index is 6.19. The molecule has 2 rings (SSSR count). The third kappa shape index (κ3) is 10.2. The van der Waals surface area contributed by atoms with E-state index in [9.17, 15) is 0 Å². The maximum Gasteiger partial charge on any atom is 0.00799 e. The van der Waals surface area contributed by atoms with E-state index < -0.39 is 0 Å². The molecule has 0 spiro atoms. The van der Waals surface area contributed by atoms with Crippen LogP contribution in [0.25, 0.3) is 0 Å². The molecule has 0 unspecified atom stereocenters. The molecule has 2 aromatic rings. The van der Waals surface area contributed by atoms with E-state index >= 15 is 0 Å². The predicted molar refractivity (Wildman–Crippen MR) is 108 cm³/mol. The fraction of sp³-hybridized carbons (Fsp3) is 0.455. The second kappa shape index (κ2) is 14.9. The SMILES string of the molecule is CC.CC.N[C@H](CC[C@@H](N)Cc1ccccc1)Cc1ccccc1. The summed E-state index contributed by atoms with van der Waals surface area (Å²) in [5.41, 5.74) is 15.0. The van der Waals surface area contributed by atoms with Gasteiger partial charge in [-0.15, -0.1) is 0 Å². The normalized spacial score (nSPS) is 12.1. The second-order valence-corrected chi connectivity index (χ2v) is 5.48. The van der Waals surface area contributed by atoms with Crippen molar-refractivity contribution in [1.29, 1.82) is 0 Å². The summed E-state index contributed by atoms with van der Waals surface area (Å²) in [7, 11) is 0. The van der Waals surface area contributed by atoms with Crippen LogP contribution in [0, 0.1) is 0 Å². The van der Waals surface area contributed by atoms with Crippen LogP contribution in [0.15, 0.2) is 60.7 Å². The molecular formula is C22H36N2. The Hall–Kier alpha value is -1.64. The minimum atomic E-state index is 0.194. The third-order valence-corrected chi connectivity index (χ3v) is 3.59. The molecule has 0 aliphatic heterocycles. The van der Waals surface area contributed by atoms with Crippen molar-refractivity contribution in [2.24, 2.45) is 11.5 Å². The minimum Gasteiger partial charge on any atom is -0.327 e. The molecule has 0 aliphatic rings. The van der Waals surface area contributed by atoms with E-state index in [2.05, 4.69) is 48.5 Å². The highest BCUT2D eigenvalue weighted by molar-refractivity contribution is 5.16. The van der Waals surface area contributed by atoms with Crippen molar-refractivity contribution in [3.8, 4) is 0 Å². The van der Waals surface area contributed by atoms with E-state index in [1.807, 2.05) is 39.8 Å². The first kappa shape index (κ1) is 22.4. The largest absolute Gasteiger partial charge is 0.327 e. The molecule has 0 aliphatic carbocycles. The lowest BCUT2D eigenvalue weighted by atomic mass is 9.97. The van der Waals surface area contributed by atoms with Crippen LogP contribution in [-0.2, 0) is 12.8 Å². The fourth-order valence-electron chi connectivity index (χ4n) is 2.47. The number of nitrogens with two attached hydrogens (primary N) is 2. The maximum atomic E-state index is 6.19. The van der Waals surface area contributed by atoms with Gasteiger partial charge < -0.3 is 11.5 Å². The molecule has 134 valence electrons. The van der Waals surface area contributed by atoms with E-state index in [-0.39, 0.29) is 12.1 Å². The Morgan fingerprint density at radius 1 is 0.583 bits per heavy atom. The van der Waals surface area contributed by atoms with Gasteiger partial charge in [0.2, 0.25) is 0 Å². The van der Waals surface area contributed by atoms with E-state index in [0.29, 0.717) is 0 Å². The number of hydrogen-bond acceptors (Lipinski definition) is 2. The second-order valence-electron chi connectivity index (χ2n) is 5.48. The highest BCUT2D eigenvalue weighted by Crippen LogP contribution is 2.10. The van der Waals surface area contributed by atoms with Crippen LogP contribution in [0.2, 0.25) is 0 Å². The number of rotatable bonds is 7. The topological polar surface area (TPSA) is 52.0 Å². The molecule has 0 amide bonds. The van der Waals surface area contributed by atoms with Gasteiger partial charge in [0.15, 0.2) is 0 Å². The van der Waals surface area contributed by atoms with Crippen LogP contribution in [0.5, 0.6) is 0 Å². The lowest BCUT2D eigenvalue weighted by molar-refractivity contribution is 0.514. The standard InChI is InChI=1S/C18H24N2.2C2H6/c19-17(13-15-7-3-1-4-8-15)11-12-18(20)14-16-9-5-2-6-10-16;2*1-2/h1-10,17-18H,11-14,19-20H2;2*1-2H3/t17-,18-;;/m1../s1. The highest BCUT2D eigenvalue weighted by atomic mass is 14.7. The van der Waals surface area contributed by atoms with Crippen molar-refractivity contribution in [1.82, 2.24) is 0 Å². The first-order chi connectivity index (χ1) is 11.7. The lowest BCUT2D eigenvalue weighted by Crippen LogP contribution is -2.29. The molecule has 4 N–H and O–H groups in total. The van der Waals surface area contributed by atoms with Crippen LogP contribution >= 0.6 is 0 Å². The van der Waals surface area contributed by atoms with Crippen molar-refractivity contribution in [3.05, 3.63) is 71.8 Å². The van der Waals surface area contributed by atoms with Crippen molar-refractivity contribution in [2.75, 3.05) is 0 Å². The summed E-state index contributed by atoms with van der Waals surface area (Å²) in [4.78, 5) is 0. The molecule has 2 heteroatoms. The zero-order valence-electron chi connectivity index (χ0n) is 15.9. The molecule has 2 atom stereocenters. The van der Waals surface area contributed by atoms with Crippen LogP contribution in [-0.4, -0.2) is 12.1 Å². The summed E-state index contributed by atoms with van der Waals surface area (Å²) >= 11 is 0. The zero-order chi connectivity index (χ0) is 18.2. The summed E-state index contributed by atoms with van der Waals surface area (Å²) in [6, 6.07) is 21.2. The van der Waals surface area contributed by atoms with Crippen molar-refractivity contribution in [2.45, 2.75) is 65.5 Å². The summed E-state index contributed by atoms with van der Waals surface area (Å²) in [5, 5.41) is 0. The van der Waals surface area contributed by atoms with Gasteiger partial charge in [0.05, 0.1) is 0 Å². The van der Waals surface area contributed by atoms with Gasteiger partial charge in [-0.2, -0.15) is 0 Å². The summed E-state index contributed by atoms with van der Waals surface area (Å²) < 4.78 is 0. The molecule has 0 heterocycles. The average molecular weight is 329 g/mol. The Morgan fingerprint density at radius 2 is 0.875 bits per heavy atom. The molecule has 2 nitrogen and oxygen atoms in total. The van der Waals surface area contributed by atoms with Gasteiger partial charge in [0.25, 0.3) is 0 Å². The predicted octanol–water partition coefficient (Wildman–Crippen LogP) is 4.96. The van der Waals surface area contributed by atoms with Crippen LogP contribution < -0.4 is 11.5 Å². The van der Waals surface area contributed by atoms with Crippen LogP contribution in [0.4, 0.5) is 0 Å². The van der Waals surface area contributed by atoms with Gasteiger partial charge in [-0.3, -0.25) is 0 Å². The van der Waals surface area contributed by atoms with Gasteiger partial charge in [-0.05, 0) is 36.8 Å². The Morgan fingerprint density at radius 3 is 1.17 bits per heavy atom. The molecule has 0 fully saturated rings. The molecule has 0 radical (unpaired) electrons. The Labute approximate surface area is 149 Å². The van der Waals surface area contributed by atoms with E-state index in [0.717, 1.165) is 25.7 Å². The van der Waals surface area contributed by atoms with Crippen molar-refractivity contribution in [3.63, 3.8) is 0 Å². The number of benzene rings is 2. The lowest BCUT2D eigenvalue weighted by Gasteiger charge is -2.16. The first-order valence-corrected chi connectivity index (χ1v) is 9.33. The van der Waals surface area contributed by atoms with Gasteiger partial charge in [-0.1, -0.05) is 88.4 Å². The average Bonchev–Trinajstić information content (AvgIpc) is 2.65. The van der Waals surface area contributed by atoms with Gasteiger partial charge in [-0.25, -0.2) is 0 Å². The Balaban J connectivity index is 0.00000123. The quantitative estimate of drug-likeness (QED) is 0.755. The molecule has 0 aromatic heterocycles.